The largest absolute Gasteiger partial charge is 0.320 e. The number of carbonyl (C=O) groups is 1. The van der Waals surface area contributed by atoms with E-state index in [1.54, 1.807) is 0 Å². The monoisotopic (exact) mass is 290 g/mol. The first-order chi connectivity index (χ1) is 9.69. The van der Waals surface area contributed by atoms with Crippen molar-refractivity contribution in [2.24, 2.45) is 0 Å². The van der Waals surface area contributed by atoms with Gasteiger partial charge in [-0.2, -0.15) is 11.8 Å². The van der Waals surface area contributed by atoms with Crippen LogP contribution in [0.1, 0.15) is 37.9 Å². The van der Waals surface area contributed by atoms with Crippen LogP contribution in [0.4, 0.5) is 0 Å². The minimum absolute atomic E-state index is 0.0298. The highest BCUT2D eigenvalue weighted by Gasteiger charge is 2.48. The van der Waals surface area contributed by atoms with Gasteiger partial charge in [-0.1, -0.05) is 37.3 Å². The summed E-state index contributed by atoms with van der Waals surface area (Å²) in [6.45, 7) is 2.94. The van der Waals surface area contributed by atoms with Gasteiger partial charge in [0.2, 0.25) is 5.91 Å². The van der Waals surface area contributed by atoms with Crippen molar-refractivity contribution >= 4 is 17.7 Å². The lowest BCUT2D eigenvalue weighted by molar-refractivity contribution is -0.130. The highest BCUT2D eigenvalue weighted by Crippen LogP contribution is 2.49. The normalized spacial score (nSPS) is 27.9. The molecule has 2 aliphatic rings. The molecule has 3 rings (SSSR count). The molecule has 0 aromatic heterocycles. The van der Waals surface area contributed by atoms with E-state index in [2.05, 4.69) is 35.5 Å². The van der Waals surface area contributed by atoms with E-state index in [0.717, 1.165) is 13.0 Å². The van der Waals surface area contributed by atoms with E-state index >= 15 is 0 Å². The van der Waals surface area contributed by atoms with Gasteiger partial charge in [0.1, 0.15) is 6.17 Å². The number of hydrogen-bond acceptors (Lipinski definition) is 3. The second-order valence-electron chi connectivity index (χ2n) is 5.79. The fourth-order valence-corrected chi connectivity index (χ4v) is 3.71. The first kappa shape index (κ1) is 14.0. The minimum Gasteiger partial charge on any atom is -0.320 e. The zero-order valence-corrected chi connectivity index (χ0v) is 13.0. The molecule has 20 heavy (non-hydrogen) atoms. The predicted molar refractivity (Wildman–Crippen MR) is 83.6 cm³/mol. The molecule has 0 radical (unpaired) electrons. The number of carbonyl (C=O) groups excluding carboxylic acids is 1. The van der Waals surface area contributed by atoms with Gasteiger partial charge < -0.3 is 4.90 Å². The zero-order valence-electron chi connectivity index (χ0n) is 12.1. The molecule has 2 unspecified atom stereocenters. The van der Waals surface area contributed by atoms with Gasteiger partial charge in [0.05, 0.1) is 6.04 Å². The van der Waals surface area contributed by atoms with Crippen molar-refractivity contribution < 1.29 is 4.79 Å². The van der Waals surface area contributed by atoms with Crippen LogP contribution in [-0.2, 0) is 4.79 Å². The summed E-state index contributed by atoms with van der Waals surface area (Å²) in [6, 6.07) is 10.3. The Hall–Kier alpha value is -1.00. The molecule has 2 atom stereocenters. The lowest BCUT2D eigenvalue weighted by Crippen LogP contribution is -2.37. The Morgan fingerprint density at radius 1 is 1.35 bits per heavy atom. The Kier molecular flexibility index (Phi) is 3.78. The Morgan fingerprint density at radius 3 is 2.60 bits per heavy atom. The lowest BCUT2D eigenvalue weighted by Gasteiger charge is -2.28. The van der Waals surface area contributed by atoms with E-state index in [0.29, 0.717) is 4.75 Å². The molecule has 1 saturated heterocycles. The number of hydrogen-bond donors (Lipinski definition) is 1. The molecule has 2 fully saturated rings. The summed E-state index contributed by atoms with van der Waals surface area (Å²) in [7, 11) is 0. The van der Waals surface area contributed by atoms with E-state index in [4.69, 9.17) is 0 Å². The maximum atomic E-state index is 12.6. The third-order valence-corrected chi connectivity index (χ3v) is 5.88. The van der Waals surface area contributed by atoms with Crippen LogP contribution in [0.2, 0.25) is 0 Å². The van der Waals surface area contributed by atoms with E-state index in [1.807, 2.05) is 30.0 Å². The van der Waals surface area contributed by atoms with Crippen molar-refractivity contribution in [1.82, 2.24) is 10.2 Å². The quantitative estimate of drug-likeness (QED) is 0.905. The van der Waals surface area contributed by atoms with Gasteiger partial charge in [-0.3, -0.25) is 10.1 Å². The molecule has 3 nitrogen and oxygen atoms in total. The molecular formula is C16H22N2OS. The maximum absolute atomic E-state index is 12.6. The molecule has 0 spiro atoms. The molecule has 1 aromatic carbocycles. The molecule has 1 saturated carbocycles. The molecular weight excluding hydrogens is 268 g/mol. The average Bonchev–Trinajstić information content (AvgIpc) is 3.20. The van der Waals surface area contributed by atoms with Crippen LogP contribution in [0.25, 0.3) is 0 Å². The molecule has 4 heteroatoms. The van der Waals surface area contributed by atoms with Crippen LogP contribution in [0.15, 0.2) is 30.3 Å². The maximum Gasteiger partial charge on any atom is 0.241 e. The Morgan fingerprint density at radius 2 is 2.05 bits per heavy atom. The highest BCUT2D eigenvalue weighted by atomic mass is 32.2. The summed E-state index contributed by atoms with van der Waals surface area (Å²) in [5.74, 6) is 0.265. The van der Waals surface area contributed by atoms with Crippen LogP contribution < -0.4 is 5.32 Å². The smallest absolute Gasteiger partial charge is 0.241 e. The Bertz CT molecular complexity index is 487. The van der Waals surface area contributed by atoms with Crippen LogP contribution in [0.5, 0.6) is 0 Å². The van der Waals surface area contributed by atoms with Gasteiger partial charge in [0, 0.05) is 11.3 Å². The fraction of sp³-hybridized carbons (Fsp3) is 0.562. The van der Waals surface area contributed by atoms with Gasteiger partial charge in [-0.05, 0) is 31.1 Å². The molecule has 1 amide bonds. The number of amides is 1. The zero-order chi connectivity index (χ0) is 14.2. The number of nitrogens with one attached hydrogen (secondary N) is 1. The van der Waals surface area contributed by atoms with Crippen molar-refractivity contribution in [3.8, 4) is 0 Å². The summed E-state index contributed by atoms with van der Waals surface area (Å²) in [5.41, 5.74) is 1.19. The van der Waals surface area contributed by atoms with Gasteiger partial charge in [0.15, 0.2) is 0 Å². The van der Waals surface area contributed by atoms with Crippen molar-refractivity contribution in [3.63, 3.8) is 0 Å². The summed E-state index contributed by atoms with van der Waals surface area (Å²) in [5, 5.41) is 3.50. The molecule has 108 valence electrons. The SMILES string of the molecule is CCC1NC(c2ccccc2)N(CC2(SC)CC2)C1=O. The molecule has 1 aromatic rings. The van der Waals surface area contributed by atoms with E-state index < -0.39 is 0 Å². The van der Waals surface area contributed by atoms with Gasteiger partial charge in [0.25, 0.3) is 0 Å². The molecule has 1 aliphatic heterocycles. The molecule has 1 N–H and O–H groups in total. The second kappa shape index (κ2) is 5.41. The number of rotatable bonds is 5. The highest BCUT2D eigenvalue weighted by molar-refractivity contribution is 8.00. The molecule has 1 heterocycles. The van der Waals surface area contributed by atoms with Crippen LogP contribution in [0.3, 0.4) is 0 Å². The first-order valence-electron chi connectivity index (χ1n) is 7.36. The average molecular weight is 290 g/mol. The number of thioether (sulfide) groups is 1. The standard InChI is InChI=1S/C16H22N2OS/c1-3-13-15(19)18(11-16(20-2)9-10-16)14(17-13)12-7-5-4-6-8-12/h4-8,13-14,17H,3,9-11H2,1-2H3. The fourth-order valence-electron chi connectivity index (χ4n) is 2.93. The number of nitrogens with zero attached hydrogens (tertiary/aromatic N) is 1. The number of benzene rings is 1. The topological polar surface area (TPSA) is 32.3 Å². The van der Waals surface area contributed by atoms with Crippen LogP contribution >= 0.6 is 11.8 Å². The Labute approximate surface area is 125 Å². The minimum atomic E-state index is -0.0298. The lowest BCUT2D eigenvalue weighted by atomic mass is 10.1. The van der Waals surface area contributed by atoms with Gasteiger partial charge in [-0.15, -0.1) is 0 Å². The van der Waals surface area contributed by atoms with E-state index in [9.17, 15) is 4.79 Å². The van der Waals surface area contributed by atoms with Crippen molar-refractivity contribution in [1.29, 1.82) is 0 Å². The van der Waals surface area contributed by atoms with E-state index in [-0.39, 0.29) is 18.1 Å². The Balaban J connectivity index is 1.84. The second-order valence-corrected chi connectivity index (χ2v) is 7.07. The predicted octanol–water partition coefficient (Wildman–Crippen LogP) is 2.79. The van der Waals surface area contributed by atoms with Gasteiger partial charge >= 0.3 is 0 Å². The first-order valence-corrected chi connectivity index (χ1v) is 8.58. The van der Waals surface area contributed by atoms with Crippen molar-refractivity contribution in [2.45, 2.75) is 43.1 Å². The molecule has 1 aliphatic carbocycles. The summed E-state index contributed by atoms with van der Waals surface area (Å²) < 4.78 is 0.313. The summed E-state index contributed by atoms with van der Waals surface area (Å²) in [4.78, 5) is 14.7. The molecule has 0 bridgehead atoms. The van der Waals surface area contributed by atoms with Gasteiger partial charge in [-0.25, -0.2) is 0 Å². The summed E-state index contributed by atoms with van der Waals surface area (Å²) in [6.07, 6.45) is 5.52. The third-order valence-electron chi connectivity index (χ3n) is 4.47. The van der Waals surface area contributed by atoms with Crippen molar-refractivity contribution in [2.75, 3.05) is 12.8 Å². The summed E-state index contributed by atoms with van der Waals surface area (Å²) >= 11 is 1.91. The van der Waals surface area contributed by atoms with Crippen LogP contribution in [0, 0.1) is 0 Å². The van der Waals surface area contributed by atoms with Crippen LogP contribution in [-0.4, -0.2) is 34.4 Å². The van der Waals surface area contributed by atoms with Crippen molar-refractivity contribution in [3.05, 3.63) is 35.9 Å². The van der Waals surface area contributed by atoms with E-state index in [1.165, 1.54) is 18.4 Å². The third kappa shape index (κ3) is 2.47.